The summed E-state index contributed by atoms with van der Waals surface area (Å²) in [7, 11) is 1.11. The molecule has 0 saturated heterocycles. The minimum absolute atomic E-state index is 0.0525. The molecular weight excluding hydrogens is 305 g/mol. The van der Waals surface area contributed by atoms with Gasteiger partial charge in [0.25, 0.3) is 0 Å². The van der Waals surface area contributed by atoms with E-state index in [2.05, 4.69) is 9.84 Å². The number of nitro groups is 1. The molecular formula is C12H9ClFN3O4. The standard InChI is InChI=1S/C12H9ClFN3O4/c1-21-12(18)9-6-16(15-11(9)17(19)20)5-7-2-3-8(14)4-10(7)13/h2-4,6H,5H2,1H3. The molecule has 0 aliphatic heterocycles. The Morgan fingerprint density at radius 1 is 1.57 bits per heavy atom. The van der Waals surface area contributed by atoms with Crippen molar-refractivity contribution in [2.24, 2.45) is 0 Å². The van der Waals surface area contributed by atoms with Crippen LogP contribution in [0.3, 0.4) is 0 Å². The van der Waals surface area contributed by atoms with Crippen LogP contribution in [0.2, 0.25) is 5.02 Å². The van der Waals surface area contributed by atoms with Gasteiger partial charge >= 0.3 is 11.8 Å². The molecule has 2 aromatic rings. The molecule has 0 amide bonds. The first kappa shape index (κ1) is 14.9. The van der Waals surface area contributed by atoms with E-state index in [1.54, 1.807) is 0 Å². The first-order valence-electron chi connectivity index (χ1n) is 5.66. The van der Waals surface area contributed by atoms with E-state index in [9.17, 15) is 19.3 Å². The van der Waals surface area contributed by atoms with Crippen LogP contribution in [0.15, 0.2) is 24.4 Å². The molecule has 0 fully saturated rings. The SMILES string of the molecule is COC(=O)c1cn(Cc2ccc(F)cc2Cl)nc1[N+](=O)[O-]. The summed E-state index contributed by atoms with van der Waals surface area (Å²) < 4.78 is 18.6. The van der Waals surface area contributed by atoms with E-state index >= 15 is 0 Å². The van der Waals surface area contributed by atoms with Gasteiger partial charge in [-0.2, -0.15) is 4.68 Å². The quantitative estimate of drug-likeness (QED) is 0.491. The van der Waals surface area contributed by atoms with Gasteiger partial charge in [0.2, 0.25) is 0 Å². The van der Waals surface area contributed by atoms with Crippen molar-refractivity contribution < 1.29 is 18.8 Å². The number of ether oxygens (including phenoxy) is 1. The van der Waals surface area contributed by atoms with Crippen molar-refractivity contribution in [1.82, 2.24) is 9.78 Å². The Bertz CT molecular complexity index is 717. The normalized spacial score (nSPS) is 10.4. The second-order valence-electron chi connectivity index (χ2n) is 4.05. The van der Waals surface area contributed by atoms with Crippen LogP contribution in [0.1, 0.15) is 15.9 Å². The highest BCUT2D eigenvalue weighted by atomic mass is 35.5. The van der Waals surface area contributed by atoms with Crippen LogP contribution in [0.4, 0.5) is 10.2 Å². The zero-order valence-corrected chi connectivity index (χ0v) is 11.5. The van der Waals surface area contributed by atoms with E-state index in [4.69, 9.17) is 11.6 Å². The first-order valence-corrected chi connectivity index (χ1v) is 6.04. The number of esters is 1. The number of hydrogen-bond donors (Lipinski definition) is 0. The maximum atomic E-state index is 13.0. The van der Waals surface area contributed by atoms with E-state index in [1.807, 2.05) is 0 Å². The summed E-state index contributed by atoms with van der Waals surface area (Å²) in [6.07, 6.45) is 1.18. The number of nitrogens with zero attached hydrogens (tertiary/aromatic N) is 3. The zero-order valence-electron chi connectivity index (χ0n) is 10.7. The van der Waals surface area contributed by atoms with E-state index in [0.29, 0.717) is 5.56 Å². The topological polar surface area (TPSA) is 87.3 Å². The van der Waals surface area contributed by atoms with Gasteiger partial charge in [-0.1, -0.05) is 17.7 Å². The van der Waals surface area contributed by atoms with Crippen LogP contribution < -0.4 is 0 Å². The van der Waals surface area contributed by atoms with Crippen LogP contribution in [-0.2, 0) is 11.3 Å². The van der Waals surface area contributed by atoms with Gasteiger partial charge in [0.15, 0.2) is 5.56 Å². The van der Waals surface area contributed by atoms with Gasteiger partial charge in [-0.05, 0) is 22.6 Å². The minimum atomic E-state index is -0.863. The molecule has 0 unspecified atom stereocenters. The van der Waals surface area contributed by atoms with Crippen LogP contribution in [-0.4, -0.2) is 27.8 Å². The summed E-state index contributed by atoms with van der Waals surface area (Å²) in [6.45, 7) is 0.0525. The number of methoxy groups -OCH3 is 1. The third-order valence-corrected chi connectivity index (χ3v) is 3.02. The number of carbonyl (C=O) groups is 1. The van der Waals surface area contributed by atoms with Crippen LogP contribution >= 0.6 is 11.6 Å². The smallest absolute Gasteiger partial charge is 0.404 e. The number of hydrogen-bond acceptors (Lipinski definition) is 5. The number of carbonyl (C=O) groups excluding carboxylic acids is 1. The van der Waals surface area contributed by atoms with Crippen LogP contribution in [0.25, 0.3) is 0 Å². The van der Waals surface area contributed by atoms with Crippen molar-refractivity contribution in [1.29, 1.82) is 0 Å². The summed E-state index contributed by atoms with van der Waals surface area (Å²) in [4.78, 5) is 21.5. The molecule has 0 spiro atoms. The fourth-order valence-electron chi connectivity index (χ4n) is 1.71. The van der Waals surface area contributed by atoms with Gasteiger partial charge in [-0.25, -0.2) is 9.18 Å². The predicted molar refractivity (Wildman–Crippen MR) is 70.7 cm³/mol. The van der Waals surface area contributed by atoms with Gasteiger partial charge in [0.05, 0.1) is 25.0 Å². The van der Waals surface area contributed by atoms with Crippen LogP contribution in [0, 0.1) is 15.9 Å². The Kier molecular flexibility index (Phi) is 4.18. The maximum absolute atomic E-state index is 13.0. The largest absolute Gasteiger partial charge is 0.465 e. The van der Waals surface area contributed by atoms with E-state index < -0.39 is 22.5 Å². The molecule has 110 valence electrons. The second kappa shape index (κ2) is 5.88. The van der Waals surface area contributed by atoms with Gasteiger partial charge in [0, 0.05) is 5.02 Å². The zero-order chi connectivity index (χ0) is 15.6. The molecule has 0 aliphatic carbocycles. The molecule has 21 heavy (non-hydrogen) atoms. The highest BCUT2D eigenvalue weighted by Gasteiger charge is 2.27. The molecule has 0 radical (unpaired) electrons. The Hall–Kier alpha value is -2.48. The van der Waals surface area contributed by atoms with Crippen molar-refractivity contribution >= 4 is 23.4 Å². The van der Waals surface area contributed by atoms with Crippen LogP contribution in [0.5, 0.6) is 0 Å². The third kappa shape index (κ3) is 3.16. The lowest BCUT2D eigenvalue weighted by Gasteiger charge is -2.01. The highest BCUT2D eigenvalue weighted by molar-refractivity contribution is 6.31. The molecule has 0 N–H and O–H groups in total. The lowest BCUT2D eigenvalue weighted by atomic mass is 10.2. The fourth-order valence-corrected chi connectivity index (χ4v) is 1.93. The molecule has 2 rings (SSSR count). The Morgan fingerprint density at radius 2 is 2.29 bits per heavy atom. The first-order chi connectivity index (χ1) is 9.92. The summed E-state index contributed by atoms with van der Waals surface area (Å²) in [5, 5.41) is 14.7. The van der Waals surface area contributed by atoms with Gasteiger partial charge in [-0.3, -0.25) is 0 Å². The maximum Gasteiger partial charge on any atom is 0.404 e. The lowest BCUT2D eigenvalue weighted by Crippen LogP contribution is -2.03. The Balaban J connectivity index is 2.37. The number of aromatic nitrogens is 2. The van der Waals surface area contributed by atoms with E-state index in [0.717, 1.165) is 13.2 Å². The predicted octanol–water partition coefficient (Wildman–Crippen LogP) is 2.42. The number of rotatable bonds is 4. The monoisotopic (exact) mass is 313 g/mol. The Morgan fingerprint density at radius 3 is 2.86 bits per heavy atom. The highest BCUT2D eigenvalue weighted by Crippen LogP contribution is 2.21. The molecule has 0 atom stereocenters. The molecule has 7 nitrogen and oxygen atoms in total. The fraction of sp³-hybridized carbons (Fsp3) is 0.167. The van der Waals surface area contributed by atoms with Crippen molar-refractivity contribution in [3.63, 3.8) is 0 Å². The second-order valence-corrected chi connectivity index (χ2v) is 4.46. The summed E-state index contributed by atoms with van der Waals surface area (Å²) in [5.41, 5.74) is 0.243. The lowest BCUT2D eigenvalue weighted by molar-refractivity contribution is -0.390. The molecule has 1 aromatic heterocycles. The molecule has 1 heterocycles. The van der Waals surface area contributed by atoms with Gasteiger partial charge in [0.1, 0.15) is 5.82 Å². The minimum Gasteiger partial charge on any atom is -0.465 e. The third-order valence-electron chi connectivity index (χ3n) is 2.67. The van der Waals surface area contributed by atoms with Crippen molar-refractivity contribution in [3.05, 3.63) is 56.5 Å². The molecule has 0 saturated carbocycles. The van der Waals surface area contributed by atoms with Crippen molar-refractivity contribution in [2.75, 3.05) is 7.11 Å². The summed E-state index contributed by atoms with van der Waals surface area (Å²) in [5.74, 6) is -1.97. The molecule has 9 heteroatoms. The number of benzene rings is 1. The molecule has 0 bridgehead atoms. The van der Waals surface area contributed by atoms with E-state index in [-0.39, 0.29) is 17.1 Å². The average Bonchev–Trinajstić information content (AvgIpc) is 2.85. The van der Waals surface area contributed by atoms with Gasteiger partial charge < -0.3 is 14.9 Å². The molecule has 0 aliphatic rings. The van der Waals surface area contributed by atoms with Crippen molar-refractivity contribution in [3.8, 4) is 0 Å². The summed E-state index contributed by atoms with van der Waals surface area (Å²) >= 11 is 5.87. The summed E-state index contributed by atoms with van der Waals surface area (Å²) in [6, 6.07) is 3.76. The molecule has 1 aromatic carbocycles. The Labute approximate surface area is 123 Å². The van der Waals surface area contributed by atoms with Gasteiger partial charge in [-0.15, -0.1) is 0 Å². The van der Waals surface area contributed by atoms with Crippen molar-refractivity contribution in [2.45, 2.75) is 6.54 Å². The number of halogens is 2. The average molecular weight is 314 g/mol. The van der Waals surface area contributed by atoms with E-state index in [1.165, 1.54) is 23.0 Å².